The Morgan fingerprint density at radius 2 is 1.74 bits per heavy atom. The molecule has 5 rings (SSSR count). The van der Waals surface area contributed by atoms with Gasteiger partial charge in [0.25, 0.3) is 5.69 Å². The van der Waals surface area contributed by atoms with Gasteiger partial charge in [0, 0.05) is 18.2 Å². The molecule has 0 N–H and O–H groups in total. The first-order valence-electron chi connectivity index (χ1n) is 11.3. The Kier molecular flexibility index (Phi) is 5.86. The molecule has 0 atom stereocenters. The van der Waals surface area contributed by atoms with Crippen molar-refractivity contribution in [3.8, 4) is 28.4 Å². The third kappa shape index (κ3) is 4.30. The lowest BCUT2D eigenvalue weighted by atomic mass is 10.00. The molecule has 0 saturated heterocycles. The zero-order valence-corrected chi connectivity index (χ0v) is 19.3. The molecule has 3 aromatic carbocycles. The third-order valence-electron chi connectivity index (χ3n) is 6.00. The minimum Gasteiger partial charge on any atom is -0.488 e. The van der Waals surface area contributed by atoms with E-state index in [1.54, 1.807) is 31.2 Å². The Labute approximate surface area is 200 Å². The highest BCUT2D eigenvalue weighted by Gasteiger charge is 2.19. The molecule has 0 amide bonds. The van der Waals surface area contributed by atoms with Crippen molar-refractivity contribution in [1.82, 2.24) is 0 Å². The Morgan fingerprint density at radius 1 is 1.00 bits per heavy atom. The number of nitro groups is 1. The lowest BCUT2D eigenvalue weighted by Gasteiger charge is -2.19. The maximum absolute atomic E-state index is 13.5. The Balaban J connectivity index is 1.50. The minimum atomic E-state index is -0.438. The highest BCUT2D eigenvalue weighted by atomic mass is 16.6. The van der Waals surface area contributed by atoms with Crippen LogP contribution in [0.3, 0.4) is 0 Å². The Morgan fingerprint density at radius 3 is 2.46 bits per heavy atom. The summed E-state index contributed by atoms with van der Waals surface area (Å²) in [6.45, 7) is 4.94. The number of hydrogen-bond acceptors (Lipinski definition) is 7. The summed E-state index contributed by atoms with van der Waals surface area (Å²) in [5.41, 5.74) is 3.18. The largest absolute Gasteiger partial charge is 0.488 e. The predicted octanol–water partition coefficient (Wildman–Crippen LogP) is 5.59. The van der Waals surface area contributed by atoms with Gasteiger partial charge in [-0.25, -0.2) is 0 Å². The van der Waals surface area contributed by atoms with E-state index in [4.69, 9.17) is 18.6 Å². The van der Waals surface area contributed by atoms with Gasteiger partial charge >= 0.3 is 0 Å². The zero-order chi connectivity index (χ0) is 24.5. The van der Waals surface area contributed by atoms with E-state index in [0.717, 1.165) is 11.1 Å². The smallest absolute Gasteiger partial charge is 0.269 e. The number of benzene rings is 3. The monoisotopic (exact) mass is 473 g/mol. The summed E-state index contributed by atoms with van der Waals surface area (Å²) in [5, 5.41) is 11.3. The van der Waals surface area contributed by atoms with E-state index in [9.17, 15) is 14.9 Å². The zero-order valence-electron chi connectivity index (χ0n) is 19.3. The van der Waals surface area contributed by atoms with Crippen LogP contribution < -0.4 is 19.6 Å². The third-order valence-corrected chi connectivity index (χ3v) is 6.00. The summed E-state index contributed by atoms with van der Waals surface area (Å²) in [7, 11) is 0. The highest BCUT2D eigenvalue weighted by molar-refractivity contribution is 5.85. The van der Waals surface area contributed by atoms with E-state index in [0.29, 0.717) is 64.7 Å². The van der Waals surface area contributed by atoms with E-state index < -0.39 is 4.92 Å². The maximum Gasteiger partial charge on any atom is 0.269 e. The molecule has 8 heteroatoms. The van der Waals surface area contributed by atoms with Crippen molar-refractivity contribution in [2.24, 2.45) is 0 Å². The molecule has 1 aromatic heterocycles. The number of non-ortho nitro benzene ring substituents is 1. The second-order valence-corrected chi connectivity index (χ2v) is 8.24. The van der Waals surface area contributed by atoms with Crippen molar-refractivity contribution in [3.05, 3.63) is 91.8 Å². The molecule has 0 aliphatic carbocycles. The van der Waals surface area contributed by atoms with Crippen molar-refractivity contribution in [3.63, 3.8) is 0 Å². The first-order chi connectivity index (χ1) is 16.9. The molecule has 0 unspecified atom stereocenters. The number of nitrogens with zero attached hydrogens (tertiary/aromatic N) is 1. The quantitative estimate of drug-likeness (QED) is 0.266. The molecule has 8 nitrogen and oxygen atoms in total. The van der Waals surface area contributed by atoms with Gasteiger partial charge in [0.1, 0.15) is 36.9 Å². The number of nitro benzene ring substituents is 1. The van der Waals surface area contributed by atoms with Crippen molar-refractivity contribution in [1.29, 1.82) is 0 Å². The average Bonchev–Trinajstić information content (AvgIpc) is 2.87. The molecule has 178 valence electrons. The van der Waals surface area contributed by atoms with E-state index in [1.807, 2.05) is 25.1 Å². The van der Waals surface area contributed by atoms with E-state index >= 15 is 0 Å². The molecule has 1 aliphatic heterocycles. The standard InChI is InChI=1S/C27H23NO7/c1-3-18-12-21-24(14-23(18)34-15-17-4-7-20(8-5-17)28(30)31)35-16(2)26(27(21)29)19-6-9-22-25(13-19)33-11-10-32-22/h4-9,12-14H,3,10-11,15H2,1-2H3. The van der Waals surface area contributed by atoms with Crippen LogP contribution in [0.25, 0.3) is 22.1 Å². The first kappa shape index (κ1) is 22.5. The van der Waals surface area contributed by atoms with E-state index in [1.165, 1.54) is 12.1 Å². The van der Waals surface area contributed by atoms with Gasteiger partial charge in [-0.3, -0.25) is 14.9 Å². The van der Waals surface area contributed by atoms with Gasteiger partial charge in [-0.2, -0.15) is 0 Å². The van der Waals surface area contributed by atoms with Crippen LogP contribution >= 0.6 is 0 Å². The molecule has 2 heterocycles. The van der Waals surface area contributed by atoms with Crippen LogP contribution in [0.15, 0.2) is 63.8 Å². The molecule has 0 saturated carbocycles. The number of aryl methyl sites for hydroxylation is 2. The van der Waals surface area contributed by atoms with Crippen LogP contribution in [0, 0.1) is 17.0 Å². The summed E-state index contributed by atoms with van der Waals surface area (Å²) in [6, 6.07) is 15.2. The fourth-order valence-corrected chi connectivity index (χ4v) is 4.20. The van der Waals surface area contributed by atoms with Crippen molar-refractivity contribution < 1.29 is 23.6 Å². The molecule has 0 radical (unpaired) electrons. The lowest BCUT2D eigenvalue weighted by Crippen LogP contribution is -2.15. The fraction of sp³-hybridized carbons (Fsp3) is 0.222. The Bertz CT molecular complexity index is 1490. The summed E-state index contributed by atoms with van der Waals surface area (Å²) in [4.78, 5) is 24.0. The number of rotatable bonds is 6. The summed E-state index contributed by atoms with van der Waals surface area (Å²) in [5.74, 6) is 2.36. The van der Waals surface area contributed by atoms with Crippen LogP contribution in [-0.4, -0.2) is 18.1 Å². The highest BCUT2D eigenvalue weighted by Crippen LogP contribution is 2.36. The molecule has 1 aliphatic rings. The normalized spacial score (nSPS) is 12.5. The van der Waals surface area contributed by atoms with E-state index in [2.05, 4.69) is 0 Å². The molecule has 0 bridgehead atoms. The van der Waals surface area contributed by atoms with Gasteiger partial charge in [-0.1, -0.05) is 13.0 Å². The Hall–Kier alpha value is -4.33. The number of fused-ring (bicyclic) bond motifs is 2. The van der Waals surface area contributed by atoms with Crippen LogP contribution in [0.5, 0.6) is 17.2 Å². The van der Waals surface area contributed by atoms with Crippen LogP contribution in [0.1, 0.15) is 23.8 Å². The molecular weight excluding hydrogens is 450 g/mol. The SMILES string of the molecule is CCc1cc2c(=O)c(-c3ccc4c(c3)OCCO4)c(C)oc2cc1OCc1ccc([N+](=O)[O-])cc1. The fourth-order valence-electron chi connectivity index (χ4n) is 4.20. The van der Waals surface area contributed by atoms with Gasteiger partial charge in [0.15, 0.2) is 11.5 Å². The summed E-state index contributed by atoms with van der Waals surface area (Å²) < 4.78 is 23.4. The number of hydrogen-bond donors (Lipinski definition) is 0. The van der Waals surface area contributed by atoms with E-state index in [-0.39, 0.29) is 17.7 Å². The van der Waals surface area contributed by atoms with Crippen molar-refractivity contribution in [2.45, 2.75) is 26.9 Å². The molecule has 4 aromatic rings. The minimum absolute atomic E-state index is 0.0276. The molecule has 35 heavy (non-hydrogen) atoms. The van der Waals surface area contributed by atoms with Crippen LogP contribution in [-0.2, 0) is 13.0 Å². The maximum atomic E-state index is 13.5. The first-order valence-corrected chi connectivity index (χ1v) is 11.3. The molecule has 0 spiro atoms. The van der Waals surface area contributed by atoms with Crippen LogP contribution in [0.4, 0.5) is 5.69 Å². The van der Waals surface area contributed by atoms with Crippen LogP contribution in [0.2, 0.25) is 0 Å². The lowest BCUT2D eigenvalue weighted by molar-refractivity contribution is -0.384. The molecular formula is C27H23NO7. The van der Waals surface area contributed by atoms with Crippen molar-refractivity contribution >= 4 is 16.7 Å². The number of ether oxygens (including phenoxy) is 3. The summed E-state index contributed by atoms with van der Waals surface area (Å²) >= 11 is 0. The van der Waals surface area contributed by atoms with Gasteiger partial charge in [0.2, 0.25) is 5.43 Å². The second-order valence-electron chi connectivity index (χ2n) is 8.24. The molecule has 0 fully saturated rings. The van der Waals surface area contributed by atoms with Crippen molar-refractivity contribution in [2.75, 3.05) is 13.2 Å². The average molecular weight is 473 g/mol. The van der Waals surface area contributed by atoms with Gasteiger partial charge in [-0.05, 0) is 60.4 Å². The topological polar surface area (TPSA) is 101 Å². The van der Waals surface area contributed by atoms with Gasteiger partial charge in [-0.15, -0.1) is 0 Å². The van der Waals surface area contributed by atoms with Gasteiger partial charge < -0.3 is 18.6 Å². The summed E-state index contributed by atoms with van der Waals surface area (Å²) in [6.07, 6.45) is 0.651. The second kappa shape index (κ2) is 9.13. The predicted molar refractivity (Wildman–Crippen MR) is 130 cm³/mol. The van der Waals surface area contributed by atoms with Gasteiger partial charge in [0.05, 0.1) is 15.9 Å².